The Morgan fingerprint density at radius 1 is 1.04 bits per heavy atom. The van der Waals surface area contributed by atoms with Crippen LogP contribution in [0.4, 0.5) is 0 Å². The standard InChI is InChI=1S/C20H17NO3/c1-13-16-5-3-4-6-18(16)24-19(13)17(22)12-9-14-7-10-15(11-8-14)20(23)21-2/h3-12H,1-2H3,(H,21,23)/b12-9+. The Kier molecular flexibility index (Phi) is 4.29. The van der Waals surface area contributed by atoms with Crippen LogP contribution in [-0.4, -0.2) is 18.7 Å². The molecule has 1 aromatic heterocycles. The zero-order chi connectivity index (χ0) is 17.1. The number of hydrogen-bond donors (Lipinski definition) is 1. The van der Waals surface area contributed by atoms with Crippen LogP contribution in [-0.2, 0) is 0 Å². The first-order valence-electron chi connectivity index (χ1n) is 7.63. The number of para-hydroxylation sites is 1. The second-order valence-corrected chi connectivity index (χ2v) is 5.45. The molecule has 0 aliphatic rings. The fourth-order valence-corrected chi connectivity index (χ4v) is 2.55. The minimum absolute atomic E-state index is 0.139. The van der Waals surface area contributed by atoms with Crippen molar-refractivity contribution in [3.05, 3.63) is 77.1 Å². The Bertz CT molecular complexity index is 933. The van der Waals surface area contributed by atoms with Gasteiger partial charge in [0.15, 0.2) is 5.76 Å². The molecule has 0 unspecified atom stereocenters. The van der Waals surface area contributed by atoms with Crippen LogP contribution in [0, 0.1) is 6.92 Å². The monoisotopic (exact) mass is 319 g/mol. The van der Waals surface area contributed by atoms with E-state index >= 15 is 0 Å². The smallest absolute Gasteiger partial charge is 0.251 e. The lowest BCUT2D eigenvalue weighted by Gasteiger charge is -1.99. The van der Waals surface area contributed by atoms with Crippen molar-refractivity contribution < 1.29 is 14.0 Å². The maximum absolute atomic E-state index is 12.4. The Morgan fingerprint density at radius 2 is 1.75 bits per heavy atom. The zero-order valence-electron chi connectivity index (χ0n) is 13.5. The molecule has 1 N–H and O–H groups in total. The van der Waals surface area contributed by atoms with Crippen LogP contribution in [0.15, 0.2) is 59.0 Å². The Hall–Kier alpha value is -3.14. The zero-order valence-corrected chi connectivity index (χ0v) is 13.5. The molecule has 1 heterocycles. The predicted molar refractivity (Wildman–Crippen MR) is 94.1 cm³/mol. The molecule has 4 heteroatoms. The minimum atomic E-state index is -0.181. The van der Waals surface area contributed by atoms with Gasteiger partial charge in [0.2, 0.25) is 5.78 Å². The number of nitrogens with one attached hydrogen (secondary N) is 1. The molecule has 0 aliphatic heterocycles. The first-order chi connectivity index (χ1) is 11.6. The summed E-state index contributed by atoms with van der Waals surface area (Å²) in [6, 6.07) is 14.6. The maximum Gasteiger partial charge on any atom is 0.251 e. The van der Waals surface area contributed by atoms with Gasteiger partial charge in [0.1, 0.15) is 5.58 Å². The van der Waals surface area contributed by atoms with E-state index in [2.05, 4.69) is 5.32 Å². The van der Waals surface area contributed by atoms with E-state index in [0.717, 1.165) is 16.5 Å². The van der Waals surface area contributed by atoms with Crippen molar-refractivity contribution in [1.29, 1.82) is 0 Å². The fraction of sp³-hybridized carbons (Fsp3) is 0.100. The van der Waals surface area contributed by atoms with Crippen molar-refractivity contribution in [3.63, 3.8) is 0 Å². The summed E-state index contributed by atoms with van der Waals surface area (Å²) in [6.07, 6.45) is 3.20. The van der Waals surface area contributed by atoms with Crippen molar-refractivity contribution in [3.8, 4) is 0 Å². The molecule has 0 atom stereocenters. The van der Waals surface area contributed by atoms with Gasteiger partial charge in [-0.25, -0.2) is 0 Å². The molecule has 0 radical (unpaired) electrons. The number of rotatable bonds is 4. The average molecular weight is 319 g/mol. The van der Waals surface area contributed by atoms with Gasteiger partial charge in [-0.05, 0) is 36.8 Å². The topological polar surface area (TPSA) is 59.3 Å². The summed E-state index contributed by atoms with van der Waals surface area (Å²) in [5.74, 6) is 0.0352. The van der Waals surface area contributed by atoms with E-state index < -0.39 is 0 Å². The summed E-state index contributed by atoms with van der Waals surface area (Å²) in [5.41, 5.74) is 2.97. The number of aryl methyl sites for hydroxylation is 1. The summed E-state index contributed by atoms with van der Waals surface area (Å²) in [6.45, 7) is 1.88. The van der Waals surface area contributed by atoms with E-state index in [1.807, 2.05) is 31.2 Å². The quantitative estimate of drug-likeness (QED) is 0.584. The molecule has 4 nitrogen and oxygen atoms in total. The highest BCUT2D eigenvalue weighted by Gasteiger charge is 2.14. The predicted octanol–water partition coefficient (Wildman–Crippen LogP) is 4.00. The van der Waals surface area contributed by atoms with Crippen LogP contribution in [0.2, 0.25) is 0 Å². The summed E-state index contributed by atoms with van der Waals surface area (Å²) in [5, 5.41) is 3.52. The van der Waals surface area contributed by atoms with Crippen LogP contribution in [0.5, 0.6) is 0 Å². The molecule has 0 spiro atoms. The van der Waals surface area contributed by atoms with Gasteiger partial charge in [0, 0.05) is 23.6 Å². The number of hydrogen-bond acceptors (Lipinski definition) is 3. The van der Waals surface area contributed by atoms with E-state index in [4.69, 9.17) is 4.42 Å². The Balaban J connectivity index is 1.82. The highest BCUT2D eigenvalue weighted by Crippen LogP contribution is 2.25. The average Bonchev–Trinajstić information content (AvgIpc) is 2.96. The van der Waals surface area contributed by atoms with Crippen LogP contribution in [0.1, 0.15) is 32.0 Å². The number of amides is 1. The van der Waals surface area contributed by atoms with Gasteiger partial charge in [-0.15, -0.1) is 0 Å². The molecule has 120 valence electrons. The summed E-state index contributed by atoms with van der Waals surface area (Å²) in [7, 11) is 1.59. The second kappa shape index (κ2) is 6.54. The molecule has 0 fully saturated rings. The van der Waals surface area contributed by atoms with Gasteiger partial charge in [-0.3, -0.25) is 9.59 Å². The third-order valence-electron chi connectivity index (χ3n) is 3.89. The van der Waals surface area contributed by atoms with Gasteiger partial charge in [-0.2, -0.15) is 0 Å². The molecule has 24 heavy (non-hydrogen) atoms. The van der Waals surface area contributed by atoms with Gasteiger partial charge < -0.3 is 9.73 Å². The van der Waals surface area contributed by atoms with Crippen molar-refractivity contribution >= 4 is 28.7 Å². The number of fused-ring (bicyclic) bond motifs is 1. The molecule has 0 aliphatic carbocycles. The summed E-state index contributed by atoms with van der Waals surface area (Å²) < 4.78 is 5.66. The summed E-state index contributed by atoms with van der Waals surface area (Å²) in [4.78, 5) is 23.9. The lowest BCUT2D eigenvalue weighted by Crippen LogP contribution is -2.17. The lowest BCUT2D eigenvalue weighted by atomic mass is 10.1. The SMILES string of the molecule is CNC(=O)c1ccc(/C=C/C(=O)c2oc3ccccc3c2C)cc1. The first kappa shape index (κ1) is 15.7. The third kappa shape index (κ3) is 2.99. The number of benzene rings is 2. The Labute approximate surface area is 139 Å². The largest absolute Gasteiger partial charge is 0.452 e. The molecule has 3 aromatic rings. The molecule has 1 amide bonds. The number of allylic oxidation sites excluding steroid dienone is 1. The molecule has 0 saturated carbocycles. The van der Waals surface area contributed by atoms with Gasteiger partial charge >= 0.3 is 0 Å². The Morgan fingerprint density at radius 3 is 2.42 bits per heavy atom. The molecule has 0 bridgehead atoms. The van der Waals surface area contributed by atoms with Crippen molar-refractivity contribution in [2.45, 2.75) is 6.92 Å². The van der Waals surface area contributed by atoms with E-state index in [1.165, 1.54) is 6.08 Å². The van der Waals surface area contributed by atoms with E-state index in [9.17, 15) is 9.59 Å². The number of carbonyl (C=O) groups excluding carboxylic acids is 2. The molecule has 3 rings (SSSR count). The lowest BCUT2D eigenvalue weighted by molar-refractivity contribution is 0.0962. The van der Waals surface area contributed by atoms with E-state index in [0.29, 0.717) is 16.9 Å². The highest BCUT2D eigenvalue weighted by atomic mass is 16.3. The normalized spacial score (nSPS) is 11.1. The molecular weight excluding hydrogens is 302 g/mol. The second-order valence-electron chi connectivity index (χ2n) is 5.45. The fourth-order valence-electron chi connectivity index (χ4n) is 2.55. The van der Waals surface area contributed by atoms with E-state index in [-0.39, 0.29) is 11.7 Å². The van der Waals surface area contributed by atoms with Crippen molar-refractivity contribution in [2.24, 2.45) is 0 Å². The van der Waals surface area contributed by atoms with Crippen LogP contribution >= 0.6 is 0 Å². The van der Waals surface area contributed by atoms with Gasteiger partial charge in [0.05, 0.1) is 0 Å². The van der Waals surface area contributed by atoms with Gasteiger partial charge in [0.25, 0.3) is 5.91 Å². The van der Waals surface area contributed by atoms with E-state index in [1.54, 1.807) is 37.4 Å². The van der Waals surface area contributed by atoms with Crippen LogP contribution in [0.3, 0.4) is 0 Å². The van der Waals surface area contributed by atoms with Crippen LogP contribution in [0.25, 0.3) is 17.0 Å². The molecule has 0 saturated heterocycles. The third-order valence-corrected chi connectivity index (χ3v) is 3.89. The number of carbonyl (C=O) groups is 2. The van der Waals surface area contributed by atoms with Crippen LogP contribution < -0.4 is 5.32 Å². The van der Waals surface area contributed by atoms with Gasteiger partial charge in [-0.1, -0.05) is 36.4 Å². The van der Waals surface area contributed by atoms with Crippen molar-refractivity contribution in [2.75, 3.05) is 7.05 Å². The first-order valence-corrected chi connectivity index (χ1v) is 7.63. The van der Waals surface area contributed by atoms with Crippen molar-refractivity contribution in [1.82, 2.24) is 5.32 Å². The number of furan rings is 1. The molecule has 2 aromatic carbocycles. The minimum Gasteiger partial charge on any atom is -0.452 e. The number of ketones is 1. The summed E-state index contributed by atoms with van der Waals surface area (Å²) >= 11 is 0. The molecular formula is C20H17NO3. The maximum atomic E-state index is 12.4. The highest BCUT2D eigenvalue weighted by molar-refractivity contribution is 6.08.